The Bertz CT molecular complexity index is 279. The van der Waals surface area contributed by atoms with Crippen molar-refractivity contribution >= 4 is 5.91 Å². The van der Waals surface area contributed by atoms with Crippen molar-refractivity contribution in [3.63, 3.8) is 0 Å². The molecule has 112 valence electrons. The summed E-state index contributed by atoms with van der Waals surface area (Å²) in [5, 5.41) is 3.04. The van der Waals surface area contributed by atoms with Gasteiger partial charge in [0.25, 0.3) is 0 Å². The molecule has 1 fully saturated rings. The van der Waals surface area contributed by atoms with Gasteiger partial charge < -0.3 is 16.0 Å². The molecule has 1 aliphatic carbocycles. The number of nitrogens with two attached hydrogens (primary N) is 1. The smallest absolute Gasteiger partial charge is 0.237 e. The first kappa shape index (κ1) is 16.4. The molecule has 0 aromatic rings. The van der Waals surface area contributed by atoms with E-state index in [0.29, 0.717) is 0 Å². The highest BCUT2D eigenvalue weighted by Gasteiger charge is 2.28. The second kappa shape index (κ2) is 7.85. The Morgan fingerprint density at radius 3 is 2.53 bits per heavy atom. The van der Waals surface area contributed by atoms with Crippen LogP contribution < -0.4 is 11.1 Å². The van der Waals surface area contributed by atoms with Gasteiger partial charge in [-0.15, -0.1) is 0 Å². The molecule has 1 unspecified atom stereocenters. The number of rotatable bonds is 10. The normalized spacial score (nSPS) is 19.2. The van der Waals surface area contributed by atoms with Crippen molar-refractivity contribution in [1.82, 2.24) is 10.2 Å². The first-order valence-electron chi connectivity index (χ1n) is 7.73. The summed E-state index contributed by atoms with van der Waals surface area (Å²) in [5.74, 6) is 0.685. The number of hydrogen-bond donors (Lipinski definition) is 2. The lowest BCUT2D eigenvalue weighted by Gasteiger charge is -2.32. The highest BCUT2D eigenvalue weighted by atomic mass is 16.1. The SMILES string of the molecule is CCN(CCCCC(C)(NC)C(N)=O)CC1CCC1. The van der Waals surface area contributed by atoms with Crippen molar-refractivity contribution in [1.29, 1.82) is 0 Å². The van der Waals surface area contributed by atoms with Gasteiger partial charge in [0, 0.05) is 6.54 Å². The van der Waals surface area contributed by atoms with Gasteiger partial charge in [0.15, 0.2) is 0 Å². The Hall–Kier alpha value is -0.610. The minimum Gasteiger partial charge on any atom is -0.368 e. The number of primary amides is 1. The monoisotopic (exact) mass is 269 g/mol. The molecule has 1 aliphatic rings. The summed E-state index contributed by atoms with van der Waals surface area (Å²) in [6.45, 7) is 7.66. The fraction of sp³-hybridized carbons (Fsp3) is 0.933. The van der Waals surface area contributed by atoms with Gasteiger partial charge in [-0.3, -0.25) is 4.79 Å². The summed E-state index contributed by atoms with van der Waals surface area (Å²) in [6.07, 6.45) is 7.25. The minimum absolute atomic E-state index is 0.253. The molecule has 0 bridgehead atoms. The third-order valence-electron chi connectivity index (χ3n) is 4.69. The molecular formula is C15H31N3O. The van der Waals surface area contributed by atoms with Crippen LogP contribution in [0.2, 0.25) is 0 Å². The maximum Gasteiger partial charge on any atom is 0.237 e. The Labute approximate surface area is 118 Å². The highest BCUT2D eigenvalue weighted by molar-refractivity contribution is 5.84. The lowest BCUT2D eigenvalue weighted by molar-refractivity contribution is -0.123. The summed E-state index contributed by atoms with van der Waals surface area (Å²) in [4.78, 5) is 13.9. The number of carbonyl (C=O) groups excluding carboxylic acids is 1. The quantitative estimate of drug-likeness (QED) is 0.594. The molecule has 4 nitrogen and oxygen atoms in total. The predicted octanol–water partition coefficient (Wildman–Crippen LogP) is 1.74. The zero-order chi connectivity index (χ0) is 14.3. The molecule has 4 heteroatoms. The van der Waals surface area contributed by atoms with Gasteiger partial charge in [-0.1, -0.05) is 13.3 Å². The van der Waals surface area contributed by atoms with Crippen LogP contribution >= 0.6 is 0 Å². The first-order chi connectivity index (χ1) is 9.01. The molecule has 0 spiro atoms. The number of likely N-dealkylation sites (N-methyl/N-ethyl adjacent to an activating group) is 1. The van der Waals surface area contributed by atoms with Crippen molar-refractivity contribution in [2.45, 2.75) is 57.9 Å². The first-order valence-corrected chi connectivity index (χ1v) is 7.73. The van der Waals surface area contributed by atoms with Gasteiger partial charge >= 0.3 is 0 Å². The number of nitrogens with one attached hydrogen (secondary N) is 1. The topological polar surface area (TPSA) is 58.4 Å². The predicted molar refractivity (Wildman–Crippen MR) is 80.0 cm³/mol. The van der Waals surface area contributed by atoms with Gasteiger partial charge in [0.1, 0.15) is 0 Å². The fourth-order valence-electron chi connectivity index (χ4n) is 2.60. The van der Waals surface area contributed by atoms with Gasteiger partial charge in [-0.05, 0) is 65.1 Å². The van der Waals surface area contributed by atoms with Gasteiger partial charge in [-0.25, -0.2) is 0 Å². The summed E-state index contributed by atoms with van der Waals surface area (Å²) in [7, 11) is 1.81. The molecule has 1 atom stereocenters. The molecule has 0 saturated heterocycles. The molecule has 3 N–H and O–H groups in total. The molecular weight excluding hydrogens is 238 g/mol. The molecule has 0 aromatic heterocycles. The molecule has 0 radical (unpaired) electrons. The molecule has 0 aromatic carbocycles. The largest absolute Gasteiger partial charge is 0.368 e. The summed E-state index contributed by atoms with van der Waals surface area (Å²) < 4.78 is 0. The number of hydrogen-bond acceptors (Lipinski definition) is 3. The van der Waals surface area contributed by atoms with Crippen LogP contribution in [0.15, 0.2) is 0 Å². The second-order valence-corrected chi connectivity index (χ2v) is 6.09. The highest BCUT2D eigenvalue weighted by Crippen LogP contribution is 2.27. The summed E-state index contributed by atoms with van der Waals surface area (Å²) in [5.41, 5.74) is 4.88. The van der Waals surface area contributed by atoms with E-state index >= 15 is 0 Å². The van der Waals surface area contributed by atoms with E-state index in [2.05, 4.69) is 17.1 Å². The Morgan fingerprint density at radius 2 is 2.11 bits per heavy atom. The zero-order valence-corrected chi connectivity index (χ0v) is 12.9. The van der Waals surface area contributed by atoms with Crippen molar-refractivity contribution in [2.24, 2.45) is 11.7 Å². The third kappa shape index (κ3) is 5.11. The third-order valence-corrected chi connectivity index (χ3v) is 4.69. The van der Waals surface area contributed by atoms with Crippen LogP contribution in [0.3, 0.4) is 0 Å². The Morgan fingerprint density at radius 1 is 1.42 bits per heavy atom. The molecule has 0 heterocycles. The van der Waals surface area contributed by atoms with Gasteiger partial charge in [0.2, 0.25) is 5.91 Å². The van der Waals surface area contributed by atoms with E-state index in [1.54, 1.807) is 7.05 Å². The average molecular weight is 269 g/mol. The van der Waals surface area contributed by atoms with E-state index in [1.165, 1.54) is 25.8 Å². The molecule has 1 amide bonds. The van der Waals surface area contributed by atoms with E-state index in [4.69, 9.17) is 5.73 Å². The van der Waals surface area contributed by atoms with Gasteiger partial charge in [-0.2, -0.15) is 0 Å². The van der Waals surface area contributed by atoms with Crippen molar-refractivity contribution < 1.29 is 4.79 Å². The lowest BCUT2D eigenvalue weighted by Crippen LogP contribution is -2.51. The van der Waals surface area contributed by atoms with Crippen LogP contribution in [0.1, 0.15) is 52.4 Å². The second-order valence-electron chi connectivity index (χ2n) is 6.09. The Kier molecular flexibility index (Phi) is 6.80. The number of nitrogens with zero attached hydrogens (tertiary/aromatic N) is 1. The van der Waals surface area contributed by atoms with Crippen molar-refractivity contribution in [2.75, 3.05) is 26.7 Å². The molecule has 19 heavy (non-hydrogen) atoms. The van der Waals surface area contributed by atoms with Crippen LogP contribution in [0, 0.1) is 5.92 Å². The zero-order valence-electron chi connectivity index (χ0n) is 12.9. The maximum absolute atomic E-state index is 11.4. The number of unbranched alkanes of at least 4 members (excludes halogenated alkanes) is 1. The van der Waals surface area contributed by atoms with E-state index in [1.807, 2.05) is 6.92 Å². The molecule has 0 aliphatic heterocycles. The summed E-state index contributed by atoms with van der Waals surface area (Å²) >= 11 is 0. The average Bonchev–Trinajstić information content (AvgIpc) is 2.35. The van der Waals surface area contributed by atoms with Crippen molar-refractivity contribution in [3.05, 3.63) is 0 Å². The lowest BCUT2D eigenvalue weighted by atomic mass is 9.85. The summed E-state index contributed by atoms with van der Waals surface area (Å²) in [6, 6.07) is 0. The molecule has 1 saturated carbocycles. The van der Waals surface area contributed by atoms with Crippen molar-refractivity contribution in [3.8, 4) is 0 Å². The van der Waals surface area contributed by atoms with Crippen LogP contribution in [-0.2, 0) is 4.79 Å². The molecule has 1 rings (SSSR count). The number of carbonyl (C=O) groups is 1. The van der Waals surface area contributed by atoms with E-state index in [0.717, 1.165) is 38.3 Å². The van der Waals surface area contributed by atoms with E-state index in [9.17, 15) is 4.79 Å². The van der Waals surface area contributed by atoms with E-state index < -0.39 is 5.54 Å². The number of amides is 1. The standard InChI is InChI=1S/C15H31N3O/c1-4-18(12-13-8-7-9-13)11-6-5-10-15(2,17-3)14(16)19/h13,17H,4-12H2,1-3H3,(H2,16,19). The van der Waals surface area contributed by atoms with Crippen LogP contribution in [0.4, 0.5) is 0 Å². The fourth-order valence-corrected chi connectivity index (χ4v) is 2.60. The minimum atomic E-state index is -0.551. The van der Waals surface area contributed by atoms with Crippen LogP contribution in [-0.4, -0.2) is 43.0 Å². The Balaban J connectivity index is 2.18. The van der Waals surface area contributed by atoms with Gasteiger partial charge in [0.05, 0.1) is 5.54 Å². The van der Waals surface area contributed by atoms with Crippen LogP contribution in [0.25, 0.3) is 0 Å². The maximum atomic E-state index is 11.4. The van der Waals surface area contributed by atoms with Crippen LogP contribution in [0.5, 0.6) is 0 Å². The van der Waals surface area contributed by atoms with E-state index in [-0.39, 0.29) is 5.91 Å².